The molecule has 0 radical (unpaired) electrons. The molecule has 2 aliphatic rings. The van der Waals surface area contributed by atoms with Crippen LogP contribution in [0.25, 0.3) is 10.9 Å². The molecular weight excluding hydrogens is 370 g/mol. The first-order valence-corrected chi connectivity index (χ1v) is 11.4. The van der Waals surface area contributed by atoms with Crippen LogP contribution in [0.15, 0.2) is 34.2 Å². The monoisotopic (exact) mass is 399 g/mol. The third-order valence-electron chi connectivity index (χ3n) is 6.01. The molecule has 6 heteroatoms. The van der Waals surface area contributed by atoms with Crippen molar-refractivity contribution in [3.8, 4) is 0 Å². The van der Waals surface area contributed by atoms with Gasteiger partial charge in [-0.3, -0.25) is 14.2 Å². The quantitative estimate of drug-likeness (QED) is 0.573. The summed E-state index contributed by atoms with van der Waals surface area (Å²) in [6.07, 6.45) is 5.52. The Hall–Kier alpha value is -1.82. The number of carbonyl (C=O) groups excluding carboxylic acids is 1. The number of benzene rings is 1. The Labute approximate surface area is 170 Å². The van der Waals surface area contributed by atoms with E-state index in [2.05, 4.69) is 13.8 Å². The van der Waals surface area contributed by atoms with Gasteiger partial charge in [-0.2, -0.15) is 0 Å². The molecule has 28 heavy (non-hydrogen) atoms. The predicted molar refractivity (Wildman–Crippen MR) is 114 cm³/mol. The molecule has 0 N–H and O–H groups in total. The number of thioether (sulfide) groups is 1. The molecule has 150 valence electrons. The molecule has 0 unspecified atom stereocenters. The third-order valence-corrected chi connectivity index (χ3v) is 6.95. The van der Waals surface area contributed by atoms with Crippen LogP contribution in [0, 0.1) is 11.8 Å². The van der Waals surface area contributed by atoms with Gasteiger partial charge in [-0.1, -0.05) is 50.6 Å². The summed E-state index contributed by atoms with van der Waals surface area (Å²) in [5.74, 6) is 1.60. The molecular formula is C22H29N3O2S. The van der Waals surface area contributed by atoms with E-state index in [-0.39, 0.29) is 17.5 Å². The fraction of sp³-hybridized carbons (Fsp3) is 0.591. The second kappa shape index (κ2) is 8.27. The average Bonchev–Trinajstić information content (AvgIpc) is 3.19. The zero-order valence-electron chi connectivity index (χ0n) is 16.8. The van der Waals surface area contributed by atoms with Crippen LogP contribution in [0.4, 0.5) is 0 Å². The summed E-state index contributed by atoms with van der Waals surface area (Å²) in [4.78, 5) is 32.8. The zero-order valence-corrected chi connectivity index (χ0v) is 17.6. The Bertz CT molecular complexity index is 910. The molecule has 0 bridgehead atoms. The van der Waals surface area contributed by atoms with Crippen molar-refractivity contribution in [3.63, 3.8) is 0 Å². The van der Waals surface area contributed by atoms with Gasteiger partial charge in [0.1, 0.15) is 0 Å². The summed E-state index contributed by atoms with van der Waals surface area (Å²) in [6.45, 7) is 6.10. The Balaban J connectivity index is 1.59. The maximum absolute atomic E-state index is 13.2. The van der Waals surface area contributed by atoms with Crippen LogP contribution >= 0.6 is 11.8 Å². The first-order valence-electron chi connectivity index (χ1n) is 10.4. The van der Waals surface area contributed by atoms with Gasteiger partial charge in [0.2, 0.25) is 5.91 Å². The highest BCUT2D eigenvalue weighted by Gasteiger charge is 2.27. The fourth-order valence-electron chi connectivity index (χ4n) is 4.80. The topological polar surface area (TPSA) is 55.2 Å². The first kappa shape index (κ1) is 19.5. The molecule has 0 spiro atoms. The highest BCUT2D eigenvalue weighted by Crippen LogP contribution is 2.32. The molecule has 1 saturated heterocycles. The Morgan fingerprint density at radius 3 is 2.54 bits per heavy atom. The van der Waals surface area contributed by atoms with Crippen molar-refractivity contribution in [2.24, 2.45) is 11.8 Å². The molecule has 1 aromatic heterocycles. The number of para-hydroxylation sites is 1. The lowest BCUT2D eigenvalue weighted by molar-refractivity contribution is -0.130. The number of piperidine rings is 1. The highest BCUT2D eigenvalue weighted by molar-refractivity contribution is 7.99. The zero-order chi connectivity index (χ0) is 19.7. The maximum atomic E-state index is 13.2. The molecule has 1 aliphatic heterocycles. The molecule has 2 heterocycles. The SMILES string of the molecule is C[C@@H]1C[C@H](C)CN(C(=O)CSc2nc3ccccc3c(=O)n2C2CCCC2)C1. The van der Waals surface area contributed by atoms with Crippen LogP contribution in [0.2, 0.25) is 0 Å². The molecule has 1 aromatic carbocycles. The van der Waals surface area contributed by atoms with Crippen LogP contribution in [-0.4, -0.2) is 39.2 Å². The van der Waals surface area contributed by atoms with Crippen molar-refractivity contribution in [2.75, 3.05) is 18.8 Å². The van der Waals surface area contributed by atoms with Gasteiger partial charge in [0.15, 0.2) is 5.16 Å². The van der Waals surface area contributed by atoms with Gasteiger partial charge in [-0.05, 0) is 43.2 Å². The number of fused-ring (bicyclic) bond motifs is 1. The van der Waals surface area contributed by atoms with Crippen molar-refractivity contribution in [1.29, 1.82) is 0 Å². The normalized spacial score (nSPS) is 23.4. The van der Waals surface area contributed by atoms with Crippen molar-refractivity contribution >= 4 is 28.6 Å². The standard InChI is InChI=1S/C22H29N3O2S/c1-15-11-16(2)13-24(12-15)20(26)14-28-22-23-19-10-6-5-9-18(19)21(27)25(22)17-7-3-4-8-17/h5-6,9-10,15-17H,3-4,7-8,11-14H2,1-2H3/t15-,16+. The van der Waals surface area contributed by atoms with Crippen LogP contribution in [0.3, 0.4) is 0 Å². The number of amides is 1. The minimum Gasteiger partial charge on any atom is -0.341 e. The number of aromatic nitrogens is 2. The molecule has 2 aromatic rings. The van der Waals surface area contributed by atoms with E-state index in [4.69, 9.17) is 4.98 Å². The van der Waals surface area contributed by atoms with Crippen molar-refractivity contribution in [3.05, 3.63) is 34.6 Å². The third kappa shape index (κ3) is 3.97. The molecule has 5 nitrogen and oxygen atoms in total. The van der Waals surface area contributed by atoms with Gasteiger partial charge in [0, 0.05) is 19.1 Å². The number of likely N-dealkylation sites (tertiary alicyclic amines) is 1. The van der Waals surface area contributed by atoms with Crippen molar-refractivity contribution in [1.82, 2.24) is 14.5 Å². The van der Waals surface area contributed by atoms with Crippen molar-refractivity contribution < 1.29 is 4.79 Å². The number of hydrogen-bond acceptors (Lipinski definition) is 4. The van der Waals surface area contributed by atoms with E-state index in [1.165, 1.54) is 18.2 Å². The summed E-state index contributed by atoms with van der Waals surface area (Å²) in [5.41, 5.74) is 0.754. The van der Waals surface area contributed by atoms with E-state index in [0.717, 1.165) is 44.3 Å². The van der Waals surface area contributed by atoms with E-state index in [1.807, 2.05) is 33.7 Å². The fourth-order valence-corrected chi connectivity index (χ4v) is 5.77. The van der Waals surface area contributed by atoms with Crippen LogP contribution in [0.1, 0.15) is 52.0 Å². The minimum absolute atomic E-state index is 0.0349. The highest BCUT2D eigenvalue weighted by atomic mass is 32.2. The van der Waals surface area contributed by atoms with Crippen LogP contribution in [0.5, 0.6) is 0 Å². The van der Waals surface area contributed by atoms with Crippen LogP contribution in [-0.2, 0) is 4.79 Å². The van der Waals surface area contributed by atoms with E-state index in [9.17, 15) is 9.59 Å². The summed E-state index contributed by atoms with van der Waals surface area (Å²) >= 11 is 1.43. The smallest absolute Gasteiger partial charge is 0.262 e. The first-order chi connectivity index (χ1) is 13.5. The van der Waals surface area contributed by atoms with E-state index in [0.29, 0.717) is 28.1 Å². The Morgan fingerprint density at radius 1 is 1.14 bits per heavy atom. The predicted octanol–water partition coefficient (Wildman–Crippen LogP) is 4.11. The Morgan fingerprint density at radius 2 is 1.82 bits per heavy atom. The molecule has 1 amide bonds. The summed E-state index contributed by atoms with van der Waals surface area (Å²) in [7, 11) is 0. The summed E-state index contributed by atoms with van der Waals surface area (Å²) < 4.78 is 1.87. The van der Waals surface area contributed by atoms with Gasteiger partial charge < -0.3 is 4.90 Å². The average molecular weight is 400 g/mol. The lowest BCUT2D eigenvalue weighted by atomic mass is 9.92. The molecule has 1 aliphatic carbocycles. The lowest BCUT2D eigenvalue weighted by Crippen LogP contribution is -2.43. The van der Waals surface area contributed by atoms with E-state index >= 15 is 0 Å². The maximum Gasteiger partial charge on any atom is 0.262 e. The molecule has 1 saturated carbocycles. The largest absolute Gasteiger partial charge is 0.341 e. The van der Waals surface area contributed by atoms with Gasteiger partial charge in [0.05, 0.1) is 16.7 Å². The van der Waals surface area contributed by atoms with Gasteiger partial charge >= 0.3 is 0 Å². The van der Waals surface area contributed by atoms with Gasteiger partial charge in [-0.25, -0.2) is 4.98 Å². The molecule has 4 rings (SSSR count). The number of carbonyl (C=O) groups is 1. The van der Waals surface area contributed by atoms with Gasteiger partial charge in [-0.15, -0.1) is 0 Å². The second-order valence-electron chi connectivity index (χ2n) is 8.56. The van der Waals surface area contributed by atoms with Crippen molar-refractivity contribution in [2.45, 2.75) is 57.1 Å². The number of hydrogen-bond donors (Lipinski definition) is 0. The number of rotatable bonds is 4. The molecule has 2 atom stereocenters. The molecule has 2 fully saturated rings. The van der Waals surface area contributed by atoms with Gasteiger partial charge in [0.25, 0.3) is 5.56 Å². The van der Waals surface area contributed by atoms with E-state index < -0.39 is 0 Å². The van der Waals surface area contributed by atoms with E-state index in [1.54, 1.807) is 0 Å². The second-order valence-corrected chi connectivity index (χ2v) is 9.50. The number of nitrogens with zero attached hydrogens (tertiary/aromatic N) is 3. The summed E-state index contributed by atoms with van der Waals surface area (Å²) in [5, 5.41) is 1.37. The Kier molecular flexibility index (Phi) is 5.76. The van der Waals surface area contributed by atoms with Crippen LogP contribution < -0.4 is 5.56 Å². The lowest BCUT2D eigenvalue weighted by Gasteiger charge is -2.35. The summed E-state index contributed by atoms with van der Waals surface area (Å²) in [6, 6.07) is 7.74. The minimum atomic E-state index is 0.0349.